The Morgan fingerprint density at radius 2 is 1.95 bits per heavy atom. The molecular weight excluding hydrogens is 240 g/mol. The Kier molecular flexibility index (Phi) is 4.80. The van der Waals surface area contributed by atoms with Gasteiger partial charge in [-0.05, 0) is 37.6 Å². The number of hydrogen-bond acceptors (Lipinski definition) is 3. The van der Waals surface area contributed by atoms with Gasteiger partial charge in [0.05, 0.1) is 13.2 Å². The van der Waals surface area contributed by atoms with Gasteiger partial charge in [0.1, 0.15) is 0 Å². The molecule has 1 heterocycles. The van der Waals surface area contributed by atoms with E-state index >= 15 is 0 Å². The van der Waals surface area contributed by atoms with Gasteiger partial charge < -0.3 is 15.0 Å². The number of ether oxygens (including phenoxy) is 1. The van der Waals surface area contributed by atoms with Gasteiger partial charge in [0.15, 0.2) is 0 Å². The maximum absolute atomic E-state index is 12.0. The van der Waals surface area contributed by atoms with Crippen molar-refractivity contribution in [3.05, 3.63) is 29.8 Å². The van der Waals surface area contributed by atoms with Crippen molar-refractivity contribution in [2.45, 2.75) is 26.3 Å². The Bertz CT molecular complexity index is 411. The summed E-state index contributed by atoms with van der Waals surface area (Å²) < 4.78 is 5.33. The molecule has 1 aliphatic heterocycles. The van der Waals surface area contributed by atoms with Crippen LogP contribution in [-0.4, -0.2) is 38.3 Å². The summed E-state index contributed by atoms with van der Waals surface area (Å²) >= 11 is 0. The summed E-state index contributed by atoms with van der Waals surface area (Å²) in [5.41, 5.74) is 1.88. The monoisotopic (exact) mass is 262 g/mol. The number of benzene rings is 1. The van der Waals surface area contributed by atoms with E-state index in [4.69, 9.17) is 4.74 Å². The zero-order chi connectivity index (χ0) is 13.7. The van der Waals surface area contributed by atoms with Crippen LogP contribution in [0.15, 0.2) is 24.3 Å². The summed E-state index contributed by atoms with van der Waals surface area (Å²) in [7, 11) is 0. The van der Waals surface area contributed by atoms with E-state index in [-0.39, 0.29) is 11.9 Å². The van der Waals surface area contributed by atoms with Gasteiger partial charge in [0.2, 0.25) is 0 Å². The Labute approximate surface area is 114 Å². The fourth-order valence-electron chi connectivity index (χ4n) is 2.05. The number of amides is 1. The first-order valence-corrected chi connectivity index (χ1v) is 6.94. The van der Waals surface area contributed by atoms with Crippen molar-refractivity contribution in [3.63, 3.8) is 0 Å². The Morgan fingerprint density at radius 1 is 1.32 bits per heavy atom. The molecule has 0 unspecified atom stereocenters. The molecule has 1 aliphatic rings. The minimum absolute atomic E-state index is 0.00266. The first-order valence-electron chi connectivity index (χ1n) is 6.94. The topological polar surface area (TPSA) is 41.6 Å². The zero-order valence-electron chi connectivity index (χ0n) is 11.7. The van der Waals surface area contributed by atoms with Gasteiger partial charge in [0.25, 0.3) is 5.91 Å². The second kappa shape index (κ2) is 6.57. The predicted molar refractivity (Wildman–Crippen MR) is 76.7 cm³/mol. The first-order chi connectivity index (χ1) is 9.20. The molecule has 0 bridgehead atoms. The van der Waals surface area contributed by atoms with E-state index in [1.165, 1.54) is 0 Å². The Morgan fingerprint density at radius 3 is 2.53 bits per heavy atom. The normalized spacial score (nSPS) is 17.1. The number of carbonyl (C=O) groups is 1. The van der Waals surface area contributed by atoms with E-state index in [0.717, 1.165) is 44.0 Å². The van der Waals surface area contributed by atoms with Gasteiger partial charge in [-0.2, -0.15) is 0 Å². The summed E-state index contributed by atoms with van der Waals surface area (Å²) in [4.78, 5) is 14.2. The quantitative estimate of drug-likeness (QED) is 0.903. The predicted octanol–water partition coefficient (Wildman–Crippen LogP) is 2.05. The van der Waals surface area contributed by atoms with Crippen molar-refractivity contribution in [1.82, 2.24) is 5.32 Å². The molecule has 1 fully saturated rings. The maximum atomic E-state index is 12.0. The van der Waals surface area contributed by atoms with E-state index in [0.29, 0.717) is 0 Å². The Balaban J connectivity index is 1.99. The molecule has 4 heteroatoms. The highest BCUT2D eigenvalue weighted by atomic mass is 16.5. The third-order valence-corrected chi connectivity index (χ3v) is 3.50. The summed E-state index contributed by atoms with van der Waals surface area (Å²) in [6.07, 6.45) is 0.942. The van der Waals surface area contributed by atoms with Crippen LogP contribution in [0.1, 0.15) is 30.6 Å². The highest BCUT2D eigenvalue weighted by molar-refractivity contribution is 5.94. The zero-order valence-corrected chi connectivity index (χ0v) is 11.7. The van der Waals surface area contributed by atoms with Crippen molar-refractivity contribution < 1.29 is 9.53 Å². The van der Waals surface area contributed by atoms with Crippen LogP contribution >= 0.6 is 0 Å². The van der Waals surface area contributed by atoms with E-state index < -0.39 is 0 Å². The minimum atomic E-state index is 0.00266. The van der Waals surface area contributed by atoms with Gasteiger partial charge >= 0.3 is 0 Å². The van der Waals surface area contributed by atoms with Crippen LogP contribution in [-0.2, 0) is 4.74 Å². The second-order valence-electron chi connectivity index (χ2n) is 4.93. The lowest BCUT2D eigenvalue weighted by molar-refractivity contribution is 0.0939. The summed E-state index contributed by atoms with van der Waals surface area (Å²) in [5, 5.41) is 2.97. The molecule has 4 nitrogen and oxygen atoms in total. The van der Waals surface area contributed by atoms with Crippen LogP contribution in [0.5, 0.6) is 0 Å². The second-order valence-corrected chi connectivity index (χ2v) is 4.93. The molecule has 1 saturated heterocycles. The van der Waals surface area contributed by atoms with E-state index in [9.17, 15) is 4.79 Å². The fraction of sp³-hybridized carbons (Fsp3) is 0.533. The molecule has 0 aromatic heterocycles. The highest BCUT2D eigenvalue weighted by Gasteiger charge is 2.12. The van der Waals surface area contributed by atoms with Gasteiger partial charge in [-0.25, -0.2) is 0 Å². The number of carbonyl (C=O) groups excluding carboxylic acids is 1. The van der Waals surface area contributed by atoms with Crippen molar-refractivity contribution in [2.24, 2.45) is 0 Å². The van der Waals surface area contributed by atoms with Gasteiger partial charge in [0, 0.05) is 30.4 Å². The van der Waals surface area contributed by atoms with Crippen LogP contribution in [0.4, 0.5) is 5.69 Å². The summed E-state index contributed by atoms with van der Waals surface area (Å²) in [6, 6.07) is 8.02. The van der Waals surface area contributed by atoms with Gasteiger partial charge in [-0.3, -0.25) is 4.79 Å². The number of anilines is 1. The lowest BCUT2D eigenvalue weighted by atomic mass is 10.1. The van der Waals surface area contributed by atoms with Crippen LogP contribution in [0, 0.1) is 0 Å². The average Bonchev–Trinajstić information content (AvgIpc) is 2.48. The largest absolute Gasteiger partial charge is 0.378 e. The van der Waals surface area contributed by atoms with Crippen LogP contribution < -0.4 is 10.2 Å². The van der Waals surface area contributed by atoms with Crippen LogP contribution in [0.25, 0.3) is 0 Å². The van der Waals surface area contributed by atoms with Crippen molar-refractivity contribution in [2.75, 3.05) is 31.2 Å². The number of nitrogens with one attached hydrogen (secondary N) is 1. The van der Waals surface area contributed by atoms with Gasteiger partial charge in [-0.15, -0.1) is 0 Å². The molecule has 104 valence electrons. The SMILES string of the molecule is CC[C@H](C)NC(=O)c1ccc(N2CCOCC2)cc1. The van der Waals surface area contributed by atoms with Crippen LogP contribution in [0.2, 0.25) is 0 Å². The van der Waals surface area contributed by atoms with Crippen molar-refractivity contribution >= 4 is 11.6 Å². The molecule has 0 aliphatic carbocycles. The van der Waals surface area contributed by atoms with E-state index in [1.54, 1.807) is 0 Å². The molecule has 1 aromatic carbocycles. The number of hydrogen-bond donors (Lipinski definition) is 1. The highest BCUT2D eigenvalue weighted by Crippen LogP contribution is 2.16. The molecule has 1 aromatic rings. The maximum Gasteiger partial charge on any atom is 0.251 e. The average molecular weight is 262 g/mol. The molecule has 1 N–H and O–H groups in total. The molecule has 0 spiro atoms. The lowest BCUT2D eigenvalue weighted by Gasteiger charge is -2.28. The van der Waals surface area contributed by atoms with Crippen LogP contribution in [0.3, 0.4) is 0 Å². The molecule has 2 rings (SSSR count). The van der Waals surface area contributed by atoms with Crippen molar-refractivity contribution in [1.29, 1.82) is 0 Å². The fourth-order valence-corrected chi connectivity index (χ4v) is 2.05. The van der Waals surface area contributed by atoms with Gasteiger partial charge in [-0.1, -0.05) is 6.92 Å². The minimum Gasteiger partial charge on any atom is -0.378 e. The smallest absolute Gasteiger partial charge is 0.251 e. The lowest BCUT2D eigenvalue weighted by Crippen LogP contribution is -2.36. The number of nitrogens with zero attached hydrogens (tertiary/aromatic N) is 1. The molecule has 1 amide bonds. The van der Waals surface area contributed by atoms with E-state index in [1.807, 2.05) is 31.2 Å². The summed E-state index contributed by atoms with van der Waals surface area (Å²) in [5.74, 6) is 0.00266. The number of morpholine rings is 1. The molecule has 0 radical (unpaired) electrons. The molecule has 1 atom stereocenters. The third-order valence-electron chi connectivity index (χ3n) is 3.50. The Hall–Kier alpha value is -1.55. The molecule has 19 heavy (non-hydrogen) atoms. The van der Waals surface area contributed by atoms with Crippen molar-refractivity contribution in [3.8, 4) is 0 Å². The molecular formula is C15H22N2O2. The third kappa shape index (κ3) is 3.70. The summed E-state index contributed by atoms with van der Waals surface area (Å²) in [6.45, 7) is 7.45. The standard InChI is InChI=1S/C15H22N2O2/c1-3-12(2)16-15(18)13-4-6-14(7-5-13)17-8-10-19-11-9-17/h4-7,12H,3,8-11H2,1-2H3,(H,16,18)/t12-/m0/s1. The molecule has 0 saturated carbocycles. The number of rotatable bonds is 4. The first kappa shape index (κ1) is 13.9. The van der Waals surface area contributed by atoms with E-state index in [2.05, 4.69) is 17.1 Å².